The van der Waals surface area contributed by atoms with E-state index in [2.05, 4.69) is 5.32 Å². The lowest BCUT2D eigenvalue weighted by atomic mass is 10.2. The van der Waals surface area contributed by atoms with Gasteiger partial charge in [0, 0.05) is 18.3 Å². The molecule has 82 valence electrons. The molecule has 1 N–H and O–H groups in total. The van der Waals surface area contributed by atoms with Crippen LogP contribution in [-0.4, -0.2) is 18.6 Å². The van der Waals surface area contributed by atoms with Crippen molar-refractivity contribution in [3.05, 3.63) is 28.3 Å². The molecule has 0 saturated carbocycles. The van der Waals surface area contributed by atoms with Crippen molar-refractivity contribution in [2.24, 2.45) is 0 Å². The second-order valence-corrected chi connectivity index (χ2v) is 3.07. The highest BCUT2D eigenvalue weighted by Crippen LogP contribution is 2.29. The lowest BCUT2D eigenvalue weighted by Gasteiger charge is -2.06. The fourth-order valence-corrected chi connectivity index (χ4v) is 1.21. The molecule has 0 fully saturated rings. The summed E-state index contributed by atoms with van der Waals surface area (Å²) in [4.78, 5) is 10.3. The largest absolute Gasteiger partial charge is 0.490 e. The van der Waals surface area contributed by atoms with Crippen LogP contribution in [0, 0.1) is 10.1 Å². The van der Waals surface area contributed by atoms with E-state index >= 15 is 0 Å². The van der Waals surface area contributed by atoms with E-state index < -0.39 is 4.92 Å². The van der Waals surface area contributed by atoms with Crippen LogP contribution in [0.2, 0.25) is 0 Å². The number of anilines is 1. The van der Waals surface area contributed by atoms with Gasteiger partial charge in [0.25, 0.3) is 0 Å². The van der Waals surface area contributed by atoms with Gasteiger partial charge in [-0.2, -0.15) is 0 Å². The van der Waals surface area contributed by atoms with E-state index in [9.17, 15) is 10.1 Å². The predicted molar refractivity (Wildman–Crippen MR) is 58.4 cm³/mol. The molecule has 5 nitrogen and oxygen atoms in total. The Hall–Kier alpha value is -1.78. The van der Waals surface area contributed by atoms with Gasteiger partial charge in [-0.3, -0.25) is 10.1 Å². The van der Waals surface area contributed by atoms with Gasteiger partial charge in [-0.15, -0.1) is 0 Å². The number of nitrogens with one attached hydrogen (secondary N) is 1. The Bertz CT molecular complexity index is 353. The van der Waals surface area contributed by atoms with Gasteiger partial charge in [0.1, 0.15) is 0 Å². The maximum absolute atomic E-state index is 10.7. The molecule has 0 saturated heterocycles. The first-order valence-electron chi connectivity index (χ1n) is 4.75. The van der Waals surface area contributed by atoms with Crippen LogP contribution in [0.3, 0.4) is 0 Å². The van der Waals surface area contributed by atoms with Gasteiger partial charge in [0.05, 0.1) is 12.0 Å². The van der Waals surface area contributed by atoms with Gasteiger partial charge in [0.15, 0.2) is 5.75 Å². The van der Waals surface area contributed by atoms with Crippen LogP contribution in [0.25, 0.3) is 0 Å². The smallest absolute Gasteiger partial charge is 0.312 e. The summed E-state index contributed by atoms with van der Waals surface area (Å²) in [7, 11) is 1.42. The highest BCUT2D eigenvalue weighted by molar-refractivity contribution is 5.58. The normalized spacial score (nSPS) is 9.73. The molecule has 0 radical (unpaired) electrons. The van der Waals surface area contributed by atoms with Crippen LogP contribution in [0.1, 0.15) is 13.3 Å². The number of methoxy groups -OCH3 is 1. The third-order valence-corrected chi connectivity index (χ3v) is 1.95. The number of rotatable bonds is 5. The molecule has 0 bridgehead atoms. The minimum atomic E-state index is -0.448. The number of hydrogen-bond acceptors (Lipinski definition) is 4. The molecule has 0 aliphatic rings. The highest BCUT2D eigenvalue weighted by Gasteiger charge is 2.14. The van der Waals surface area contributed by atoms with E-state index in [1.165, 1.54) is 13.2 Å². The fraction of sp³-hybridized carbons (Fsp3) is 0.400. The zero-order valence-corrected chi connectivity index (χ0v) is 8.82. The third-order valence-electron chi connectivity index (χ3n) is 1.95. The van der Waals surface area contributed by atoms with Gasteiger partial charge in [-0.05, 0) is 18.6 Å². The first-order chi connectivity index (χ1) is 7.19. The molecule has 0 aliphatic carbocycles. The number of benzene rings is 1. The average molecular weight is 210 g/mol. The van der Waals surface area contributed by atoms with Gasteiger partial charge in [-0.25, -0.2) is 0 Å². The van der Waals surface area contributed by atoms with E-state index in [-0.39, 0.29) is 11.4 Å². The Morgan fingerprint density at radius 2 is 2.27 bits per heavy atom. The maximum Gasteiger partial charge on any atom is 0.312 e. The zero-order chi connectivity index (χ0) is 11.3. The molecule has 15 heavy (non-hydrogen) atoms. The lowest BCUT2D eigenvalue weighted by Crippen LogP contribution is -2.01. The molecule has 0 aromatic heterocycles. The lowest BCUT2D eigenvalue weighted by molar-refractivity contribution is -0.385. The second-order valence-electron chi connectivity index (χ2n) is 3.07. The van der Waals surface area contributed by atoms with Crippen molar-refractivity contribution < 1.29 is 9.66 Å². The topological polar surface area (TPSA) is 64.4 Å². The molecule has 0 heterocycles. The Labute approximate surface area is 88.2 Å². The summed E-state index contributed by atoms with van der Waals surface area (Å²) >= 11 is 0. The standard InChI is InChI=1S/C10H14N2O3/c1-3-6-11-8-4-5-10(15-2)9(7-8)12(13)14/h4-5,7,11H,3,6H2,1-2H3. The van der Waals surface area contributed by atoms with Crippen LogP contribution < -0.4 is 10.1 Å². The molecule has 1 rings (SSSR count). The monoisotopic (exact) mass is 210 g/mol. The van der Waals surface area contributed by atoms with Gasteiger partial charge in [-0.1, -0.05) is 6.92 Å². The number of hydrogen-bond donors (Lipinski definition) is 1. The van der Waals surface area contributed by atoms with Gasteiger partial charge >= 0.3 is 5.69 Å². The summed E-state index contributed by atoms with van der Waals surface area (Å²) < 4.78 is 4.90. The predicted octanol–water partition coefficient (Wildman–Crippen LogP) is 2.43. The SMILES string of the molecule is CCCNc1ccc(OC)c([N+](=O)[O-])c1. The Morgan fingerprint density at radius 1 is 1.53 bits per heavy atom. The molecule has 1 aromatic rings. The minimum Gasteiger partial charge on any atom is -0.490 e. The Morgan fingerprint density at radius 3 is 2.80 bits per heavy atom. The number of nitro benzene ring substituents is 1. The molecule has 0 amide bonds. The van der Waals surface area contributed by atoms with Crippen LogP contribution in [0.15, 0.2) is 18.2 Å². The van der Waals surface area contributed by atoms with Gasteiger partial charge < -0.3 is 10.1 Å². The van der Waals surface area contributed by atoms with Crippen LogP contribution in [-0.2, 0) is 0 Å². The van der Waals surface area contributed by atoms with Crippen LogP contribution >= 0.6 is 0 Å². The average Bonchev–Trinajstić information content (AvgIpc) is 2.25. The van der Waals surface area contributed by atoms with Crippen molar-refractivity contribution in [2.45, 2.75) is 13.3 Å². The van der Waals surface area contributed by atoms with Gasteiger partial charge in [0.2, 0.25) is 0 Å². The fourth-order valence-electron chi connectivity index (χ4n) is 1.21. The summed E-state index contributed by atoms with van der Waals surface area (Å²) in [6.45, 7) is 2.83. The Kier molecular flexibility index (Phi) is 3.91. The molecule has 0 aliphatic heterocycles. The van der Waals surface area contributed by atoms with E-state index in [0.717, 1.165) is 18.7 Å². The Balaban J connectivity index is 2.94. The van der Waals surface area contributed by atoms with Crippen molar-refractivity contribution >= 4 is 11.4 Å². The summed E-state index contributed by atoms with van der Waals surface area (Å²) in [5, 5.41) is 13.8. The third kappa shape index (κ3) is 2.83. The first-order valence-corrected chi connectivity index (χ1v) is 4.75. The maximum atomic E-state index is 10.7. The van der Waals surface area contributed by atoms with Crippen molar-refractivity contribution in [1.29, 1.82) is 0 Å². The van der Waals surface area contributed by atoms with Crippen LogP contribution in [0.5, 0.6) is 5.75 Å². The van der Waals surface area contributed by atoms with E-state index in [1.807, 2.05) is 6.92 Å². The van der Waals surface area contributed by atoms with E-state index in [4.69, 9.17) is 4.74 Å². The first kappa shape index (κ1) is 11.3. The van der Waals surface area contributed by atoms with Crippen molar-refractivity contribution in [2.75, 3.05) is 19.0 Å². The second kappa shape index (κ2) is 5.19. The molecule has 0 spiro atoms. The summed E-state index contributed by atoms with van der Waals surface area (Å²) in [6, 6.07) is 4.84. The van der Waals surface area contributed by atoms with E-state index in [0.29, 0.717) is 0 Å². The van der Waals surface area contributed by atoms with Crippen LogP contribution in [0.4, 0.5) is 11.4 Å². The molecular weight excluding hydrogens is 196 g/mol. The number of ether oxygens (including phenoxy) is 1. The van der Waals surface area contributed by atoms with E-state index in [1.54, 1.807) is 12.1 Å². The molecule has 5 heteroatoms. The number of nitro groups is 1. The molecule has 0 unspecified atom stereocenters. The van der Waals surface area contributed by atoms with Crippen molar-refractivity contribution in [1.82, 2.24) is 0 Å². The zero-order valence-electron chi connectivity index (χ0n) is 8.82. The minimum absolute atomic E-state index is 0.0152. The summed E-state index contributed by atoms with van der Waals surface area (Å²) in [5.41, 5.74) is 0.725. The number of nitrogens with zero attached hydrogens (tertiary/aromatic N) is 1. The molecule has 0 atom stereocenters. The van der Waals surface area contributed by atoms with Crippen molar-refractivity contribution in [3.63, 3.8) is 0 Å². The quantitative estimate of drug-likeness (QED) is 0.598. The summed E-state index contributed by atoms with van der Waals surface area (Å²) in [5.74, 6) is 0.280. The van der Waals surface area contributed by atoms with Crippen molar-refractivity contribution in [3.8, 4) is 5.75 Å². The molecule has 1 aromatic carbocycles. The summed E-state index contributed by atoms with van der Waals surface area (Å²) in [6.07, 6.45) is 0.972. The highest BCUT2D eigenvalue weighted by atomic mass is 16.6. The molecular formula is C10H14N2O3.